The molecule has 110 valence electrons. The highest BCUT2D eigenvalue weighted by Gasteiger charge is 2.38. The molecule has 0 saturated heterocycles. The Kier molecular flexibility index (Phi) is 4.63. The van der Waals surface area contributed by atoms with Gasteiger partial charge in [0.15, 0.2) is 5.54 Å². The molecule has 2 rings (SSSR count). The van der Waals surface area contributed by atoms with Crippen LogP contribution >= 0.6 is 15.9 Å². The second-order valence-electron chi connectivity index (χ2n) is 4.73. The standard InChI is InChI=1S/C16H15BrFNO2/c1-16(15(20)21-2,13-8-3-4-9-14(13)17)19-12-7-5-6-11(18)10-12/h3-10,19H,1-2H3. The van der Waals surface area contributed by atoms with E-state index < -0.39 is 11.5 Å². The van der Waals surface area contributed by atoms with Crippen LogP contribution in [-0.4, -0.2) is 13.1 Å². The van der Waals surface area contributed by atoms with Crippen molar-refractivity contribution in [3.63, 3.8) is 0 Å². The van der Waals surface area contributed by atoms with E-state index in [1.54, 1.807) is 19.1 Å². The highest BCUT2D eigenvalue weighted by Crippen LogP contribution is 2.32. The quantitative estimate of drug-likeness (QED) is 0.843. The number of hydrogen-bond acceptors (Lipinski definition) is 3. The van der Waals surface area contributed by atoms with Crippen molar-refractivity contribution in [1.82, 2.24) is 0 Å². The van der Waals surface area contributed by atoms with Crippen molar-refractivity contribution in [1.29, 1.82) is 0 Å². The van der Waals surface area contributed by atoms with Crippen molar-refractivity contribution in [2.75, 3.05) is 12.4 Å². The Labute approximate surface area is 131 Å². The van der Waals surface area contributed by atoms with Crippen LogP contribution in [0.5, 0.6) is 0 Å². The van der Waals surface area contributed by atoms with Gasteiger partial charge in [0.1, 0.15) is 5.82 Å². The van der Waals surface area contributed by atoms with Crippen LogP contribution in [0, 0.1) is 5.82 Å². The Balaban J connectivity index is 2.48. The molecular formula is C16H15BrFNO2. The zero-order valence-electron chi connectivity index (χ0n) is 11.7. The predicted octanol–water partition coefficient (Wildman–Crippen LogP) is 4.09. The van der Waals surface area contributed by atoms with E-state index >= 15 is 0 Å². The molecule has 0 fully saturated rings. The number of anilines is 1. The minimum Gasteiger partial charge on any atom is -0.467 e. The molecule has 1 N–H and O–H groups in total. The Morgan fingerprint density at radius 3 is 2.57 bits per heavy atom. The topological polar surface area (TPSA) is 38.3 Å². The van der Waals surface area contributed by atoms with E-state index in [0.717, 1.165) is 4.47 Å². The molecule has 0 aliphatic heterocycles. The van der Waals surface area contributed by atoms with E-state index in [1.165, 1.54) is 19.2 Å². The Bertz CT molecular complexity index is 662. The molecule has 0 aliphatic carbocycles. The van der Waals surface area contributed by atoms with Gasteiger partial charge in [0.2, 0.25) is 0 Å². The molecule has 5 heteroatoms. The fourth-order valence-corrected chi connectivity index (χ4v) is 2.84. The van der Waals surface area contributed by atoms with Crippen LogP contribution in [0.1, 0.15) is 12.5 Å². The maximum Gasteiger partial charge on any atom is 0.335 e. The summed E-state index contributed by atoms with van der Waals surface area (Å²) in [4.78, 5) is 12.3. The van der Waals surface area contributed by atoms with Crippen molar-refractivity contribution >= 4 is 27.6 Å². The lowest BCUT2D eigenvalue weighted by Crippen LogP contribution is -2.41. The number of carbonyl (C=O) groups is 1. The lowest BCUT2D eigenvalue weighted by molar-refractivity contribution is -0.145. The zero-order chi connectivity index (χ0) is 15.5. The van der Waals surface area contributed by atoms with Crippen LogP contribution in [-0.2, 0) is 15.1 Å². The van der Waals surface area contributed by atoms with Gasteiger partial charge >= 0.3 is 5.97 Å². The van der Waals surface area contributed by atoms with Crippen LogP contribution in [0.25, 0.3) is 0 Å². The number of halogens is 2. The predicted molar refractivity (Wildman–Crippen MR) is 83.5 cm³/mol. The number of carbonyl (C=O) groups excluding carboxylic acids is 1. The van der Waals surface area contributed by atoms with E-state index in [2.05, 4.69) is 21.2 Å². The van der Waals surface area contributed by atoms with Crippen LogP contribution in [0.15, 0.2) is 53.0 Å². The molecular weight excluding hydrogens is 337 g/mol. The zero-order valence-corrected chi connectivity index (χ0v) is 13.3. The first-order chi connectivity index (χ1) is 9.97. The molecule has 0 radical (unpaired) electrons. The van der Waals surface area contributed by atoms with Gasteiger partial charge in [0, 0.05) is 15.7 Å². The summed E-state index contributed by atoms with van der Waals surface area (Å²) in [6.45, 7) is 1.70. The molecule has 0 saturated carbocycles. The van der Waals surface area contributed by atoms with E-state index in [0.29, 0.717) is 11.3 Å². The Hall–Kier alpha value is -1.88. The summed E-state index contributed by atoms with van der Waals surface area (Å²) in [7, 11) is 1.32. The van der Waals surface area contributed by atoms with Crippen LogP contribution in [0.4, 0.5) is 10.1 Å². The smallest absolute Gasteiger partial charge is 0.335 e. The molecule has 0 heterocycles. The molecule has 0 aromatic heterocycles. The van der Waals surface area contributed by atoms with Gasteiger partial charge in [-0.2, -0.15) is 0 Å². The van der Waals surface area contributed by atoms with Gasteiger partial charge in [0.25, 0.3) is 0 Å². The second kappa shape index (κ2) is 6.26. The van der Waals surface area contributed by atoms with Gasteiger partial charge in [-0.1, -0.05) is 40.2 Å². The van der Waals surface area contributed by atoms with Gasteiger partial charge in [-0.15, -0.1) is 0 Å². The van der Waals surface area contributed by atoms with Gasteiger partial charge in [-0.25, -0.2) is 9.18 Å². The number of rotatable bonds is 4. The first kappa shape index (κ1) is 15.5. The minimum absolute atomic E-state index is 0.376. The minimum atomic E-state index is -1.14. The first-order valence-corrected chi connectivity index (χ1v) is 7.14. The summed E-state index contributed by atoms with van der Waals surface area (Å²) in [5.41, 5.74) is 0.0718. The lowest BCUT2D eigenvalue weighted by atomic mass is 9.91. The highest BCUT2D eigenvalue weighted by atomic mass is 79.9. The van der Waals surface area contributed by atoms with Gasteiger partial charge in [-0.3, -0.25) is 0 Å². The molecule has 0 bridgehead atoms. The molecule has 0 aliphatic rings. The van der Waals surface area contributed by atoms with Crippen molar-refractivity contribution in [3.05, 3.63) is 64.4 Å². The first-order valence-electron chi connectivity index (χ1n) is 6.34. The average Bonchev–Trinajstić information content (AvgIpc) is 2.46. The van der Waals surface area contributed by atoms with Crippen LogP contribution < -0.4 is 5.32 Å². The van der Waals surface area contributed by atoms with Crippen molar-refractivity contribution < 1.29 is 13.9 Å². The lowest BCUT2D eigenvalue weighted by Gasteiger charge is -2.30. The third-order valence-corrected chi connectivity index (χ3v) is 3.92. The van der Waals surface area contributed by atoms with Crippen LogP contribution in [0.2, 0.25) is 0 Å². The number of nitrogens with one attached hydrogen (secondary N) is 1. The molecule has 2 aromatic rings. The van der Waals surface area contributed by atoms with Gasteiger partial charge in [0.05, 0.1) is 7.11 Å². The number of ether oxygens (including phenoxy) is 1. The molecule has 0 amide bonds. The SMILES string of the molecule is COC(=O)C(C)(Nc1cccc(F)c1)c1ccccc1Br. The third kappa shape index (κ3) is 3.24. The average molecular weight is 352 g/mol. The number of methoxy groups -OCH3 is 1. The molecule has 1 unspecified atom stereocenters. The highest BCUT2D eigenvalue weighted by molar-refractivity contribution is 9.10. The van der Waals surface area contributed by atoms with E-state index in [1.807, 2.05) is 24.3 Å². The molecule has 2 aromatic carbocycles. The monoisotopic (exact) mass is 351 g/mol. The molecule has 0 spiro atoms. The molecule has 1 atom stereocenters. The third-order valence-electron chi connectivity index (χ3n) is 3.23. The van der Waals surface area contributed by atoms with Crippen molar-refractivity contribution in [3.8, 4) is 0 Å². The number of esters is 1. The fraction of sp³-hybridized carbons (Fsp3) is 0.188. The Morgan fingerprint density at radius 1 is 1.24 bits per heavy atom. The second-order valence-corrected chi connectivity index (χ2v) is 5.59. The number of hydrogen-bond donors (Lipinski definition) is 1. The maximum absolute atomic E-state index is 13.3. The fourth-order valence-electron chi connectivity index (χ4n) is 2.15. The summed E-state index contributed by atoms with van der Waals surface area (Å²) < 4.78 is 19.0. The number of benzene rings is 2. The summed E-state index contributed by atoms with van der Waals surface area (Å²) >= 11 is 3.44. The van der Waals surface area contributed by atoms with Gasteiger partial charge in [-0.05, 0) is 31.2 Å². The summed E-state index contributed by atoms with van der Waals surface area (Å²) in [5, 5.41) is 3.06. The molecule has 21 heavy (non-hydrogen) atoms. The van der Waals surface area contributed by atoms with Crippen LogP contribution in [0.3, 0.4) is 0 Å². The Morgan fingerprint density at radius 2 is 1.95 bits per heavy atom. The largest absolute Gasteiger partial charge is 0.467 e. The summed E-state index contributed by atoms with van der Waals surface area (Å²) in [6, 6.07) is 13.3. The summed E-state index contributed by atoms with van der Waals surface area (Å²) in [5.74, 6) is -0.835. The van der Waals surface area contributed by atoms with E-state index in [-0.39, 0.29) is 5.82 Å². The van der Waals surface area contributed by atoms with E-state index in [4.69, 9.17) is 4.74 Å². The normalized spacial score (nSPS) is 13.3. The van der Waals surface area contributed by atoms with Crippen molar-refractivity contribution in [2.45, 2.75) is 12.5 Å². The van der Waals surface area contributed by atoms with E-state index in [9.17, 15) is 9.18 Å². The summed E-state index contributed by atoms with van der Waals surface area (Å²) in [6.07, 6.45) is 0. The molecule has 3 nitrogen and oxygen atoms in total. The van der Waals surface area contributed by atoms with Gasteiger partial charge < -0.3 is 10.1 Å². The maximum atomic E-state index is 13.3. The van der Waals surface area contributed by atoms with Crippen molar-refractivity contribution in [2.24, 2.45) is 0 Å².